The smallest absolute Gasteiger partial charge is 0.338 e. The zero-order valence-corrected chi connectivity index (χ0v) is 12.6. The summed E-state index contributed by atoms with van der Waals surface area (Å²) in [5, 5.41) is 11.5. The Morgan fingerprint density at radius 2 is 2.09 bits per heavy atom. The predicted octanol–water partition coefficient (Wildman–Crippen LogP) is 3.14. The van der Waals surface area contributed by atoms with E-state index in [1.807, 2.05) is 24.3 Å². The number of rotatable bonds is 4. The van der Waals surface area contributed by atoms with E-state index in [2.05, 4.69) is 4.98 Å². The molecule has 2 aromatic carbocycles. The number of thiazole rings is 1. The number of ether oxygens (including phenoxy) is 1. The number of hydrogen-bond acceptors (Lipinski definition) is 7. The number of nitrogens with zero attached hydrogens (tertiary/aromatic N) is 2. The van der Waals surface area contributed by atoms with Gasteiger partial charge in [-0.1, -0.05) is 12.1 Å². The molecule has 3 aromatic rings. The Morgan fingerprint density at radius 3 is 2.83 bits per heavy atom. The molecule has 0 spiro atoms. The summed E-state index contributed by atoms with van der Waals surface area (Å²) in [6, 6.07) is 11.4. The molecule has 0 saturated heterocycles. The summed E-state index contributed by atoms with van der Waals surface area (Å²) < 4.78 is 6.17. The molecule has 8 heteroatoms. The highest BCUT2D eigenvalue weighted by molar-refractivity contribution is 7.18. The first-order valence-electron chi connectivity index (χ1n) is 6.60. The molecule has 0 aliphatic rings. The van der Waals surface area contributed by atoms with Crippen molar-refractivity contribution in [1.82, 2.24) is 4.98 Å². The Labute approximate surface area is 134 Å². The average Bonchev–Trinajstić information content (AvgIpc) is 2.95. The lowest BCUT2D eigenvalue weighted by molar-refractivity contribution is -0.383. The first kappa shape index (κ1) is 14.9. The van der Waals surface area contributed by atoms with Crippen LogP contribution in [0.15, 0.2) is 42.5 Å². The Hall–Kier alpha value is -3.00. The van der Waals surface area contributed by atoms with Crippen molar-refractivity contribution in [3.8, 4) is 0 Å². The fraction of sp³-hybridized carbons (Fsp3) is 0.0667. The van der Waals surface area contributed by atoms with Crippen molar-refractivity contribution in [2.75, 3.05) is 5.73 Å². The van der Waals surface area contributed by atoms with Gasteiger partial charge in [0.2, 0.25) is 0 Å². The Kier molecular flexibility index (Phi) is 3.90. The van der Waals surface area contributed by atoms with E-state index in [4.69, 9.17) is 10.5 Å². The second kappa shape index (κ2) is 6.01. The van der Waals surface area contributed by atoms with Crippen molar-refractivity contribution in [3.63, 3.8) is 0 Å². The van der Waals surface area contributed by atoms with Crippen molar-refractivity contribution < 1.29 is 14.5 Å². The average molecular weight is 329 g/mol. The van der Waals surface area contributed by atoms with Gasteiger partial charge in [-0.3, -0.25) is 10.1 Å². The number of esters is 1. The number of nitro groups is 1. The molecule has 1 heterocycles. The highest BCUT2D eigenvalue weighted by Crippen LogP contribution is 2.24. The van der Waals surface area contributed by atoms with Crippen molar-refractivity contribution in [2.24, 2.45) is 0 Å². The molecule has 0 amide bonds. The number of carbonyl (C=O) groups excluding carboxylic acids is 1. The molecule has 23 heavy (non-hydrogen) atoms. The summed E-state index contributed by atoms with van der Waals surface area (Å²) in [6.45, 7) is 0.0103. The highest BCUT2D eigenvalue weighted by Gasteiger charge is 2.17. The first-order valence-corrected chi connectivity index (χ1v) is 7.42. The molecular weight excluding hydrogens is 318 g/mol. The lowest BCUT2D eigenvalue weighted by atomic mass is 10.2. The van der Waals surface area contributed by atoms with E-state index in [9.17, 15) is 14.9 Å². The summed E-state index contributed by atoms with van der Waals surface area (Å²) >= 11 is 1.43. The van der Waals surface area contributed by atoms with Gasteiger partial charge in [0.1, 0.15) is 17.3 Å². The number of nitrogen functional groups attached to an aromatic ring is 1. The van der Waals surface area contributed by atoms with Gasteiger partial charge in [-0.2, -0.15) is 0 Å². The first-order chi connectivity index (χ1) is 11.0. The third kappa shape index (κ3) is 3.11. The highest BCUT2D eigenvalue weighted by atomic mass is 32.1. The zero-order valence-electron chi connectivity index (χ0n) is 11.8. The number of para-hydroxylation sites is 1. The van der Waals surface area contributed by atoms with Gasteiger partial charge >= 0.3 is 5.97 Å². The number of nitrogens with two attached hydrogens (primary N) is 1. The van der Waals surface area contributed by atoms with Crippen LogP contribution >= 0.6 is 11.3 Å². The van der Waals surface area contributed by atoms with Gasteiger partial charge in [-0.25, -0.2) is 9.78 Å². The van der Waals surface area contributed by atoms with Crippen LogP contribution in [0.4, 0.5) is 11.4 Å². The maximum absolute atomic E-state index is 12.0. The predicted molar refractivity (Wildman–Crippen MR) is 86.2 cm³/mol. The van der Waals surface area contributed by atoms with E-state index >= 15 is 0 Å². The van der Waals surface area contributed by atoms with E-state index in [0.717, 1.165) is 16.3 Å². The monoisotopic (exact) mass is 329 g/mol. The molecule has 0 aliphatic heterocycles. The molecule has 0 bridgehead atoms. The van der Waals surface area contributed by atoms with Crippen LogP contribution in [0.25, 0.3) is 10.2 Å². The molecule has 0 atom stereocenters. The molecule has 1 aromatic heterocycles. The summed E-state index contributed by atoms with van der Waals surface area (Å²) in [6.07, 6.45) is 0. The lowest BCUT2D eigenvalue weighted by Crippen LogP contribution is -2.06. The summed E-state index contributed by atoms with van der Waals surface area (Å²) in [5.41, 5.74) is 6.09. The number of carbonyl (C=O) groups is 1. The van der Waals surface area contributed by atoms with Crippen LogP contribution in [0.5, 0.6) is 0 Å². The maximum Gasteiger partial charge on any atom is 0.338 e. The normalized spacial score (nSPS) is 10.6. The van der Waals surface area contributed by atoms with Crippen molar-refractivity contribution >= 4 is 38.9 Å². The van der Waals surface area contributed by atoms with Crippen LogP contribution in [0.3, 0.4) is 0 Å². The molecule has 0 aliphatic carbocycles. The molecule has 2 N–H and O–H groups in total. The second-order valence-corrected chi connectivity index (χ2v) is 5.80. The standard InChI is InChI=1S/C15H11N3O4S/c16-10-6-5-9(7-12(10)18(20)21)15(19)22-8-14-17-11-3-1-2-4-13(11)23-14/h1-7H,8,16H2. The van der Waals surface area contributed by atoms with E-state index < -0.39 is 10.9 Å². The van der Waals surface area contributed by atoms with Crippen molar-refractivity contribution in [1.29, 1.82) is 0 Å². The third-order valence-corrected chi connectivity index (χ3v) is 4.14. The molecular formula is C15H11N3O4S. The van der Waals surface area contributed by atoms with Crippen molar-refractivity contribution in [3.05, 3.63) is 63.1 Å². The molecule has 0 unspecified atom stereocenters. The number of anilines is 1. The van der Waals surface area contributed by atoms with Crippen LogP contribution in [0, 0.1) is 10.1 Å². The largest absolute Gasteiger partial charge is 0.455 e. The van der Waals surface area contributed by atoms with Gasteiger partial charge in [-0.05, 0) is 24.3 Å². The van der Waals surface area contributed by atoms with Crippen LogP contribution in [-0.4, -0.2) is 15.9 Å². The van der Waals surface area contributed by atoms with Crippen molar-refractivity contribution in [2.45, 2.75) is 6.61 Å². The minimum absolute atomic E-state index is 0.00211. The molecule has 0 radical (unpaired) electrons. The minimum atomic E-state index is -0.660. The zero-order chi connectivity index (χ0) is 16.4. The molecule has 7 nitrogen and oxygen atoms in total. The van der Waals surface area contributed by atoms with Gasteiger partial charge in [0.05, 0.1) is 20.7 Å². The van der Waals surface area contributed by atoms with Crippen LogP contribution in [-0.2, 0) is 11.3 Å². The number of hydrogen-bond donors (Lipinski definition) is 1. The van der Waals surface area contributed by atoms with Crippen LogP contribution < -0.4 is 5.73 Å². The van der Waals surface area contributed by atoms with E-state index in [0.29, 0.717) is 5.01 Å². The Bertz CT molecular complexity index is 874. The quantitative estimate of drug-likeness (QED) is 0.341. The maximum atomic E-state index is 12.0. The van der Waals surface area contributed by atoms with Gasteiger partial charge in [0.25, 0.3) is 5.69 Å². The topological polar surface area (TPSA) is 108 Å². The van der Waals surface area contributed by atoms with Crippen LogP contribution in [0.1, 0.15) is 15.4 Å². The number of fused-ring (bicyclic) bond motifs is 1. The molecule has 0 fully saturated rings. The van der Waals surface area contributed by atoms with Gasteiger partial charge in [0, 0.05) is 6.07 Å². The van der Waals surface area contributed by atoms with Gasteiger partial charge in [0.15, 0.2) is 0 Å². The number of aromatic nitrogens is 1. The second-order valence-electron chi connectivity index (χ2n) is 4.68. The van der Waals surface area contributed by atoms with E-state index in [1.165, 1.54) is 23.5 Å². The molecule has 0 saturated carbocycles. The SMILES string of the molecule is Nc1ccc(C(=O)OCc2nc3ccccc3s2)cc1[N+](=O)[O-]. The summed E-state index contributed by atoms with van der Waals surface area (Å²) in [7, 11) is 0. The Balaban J connectivity index is 1.74. The fourth-order valence-corrected chi connectivity index (χ4v) is 2.90. The third-order valence-electron chi connectivity index (χ3n) is 3.13. The summed E-state index contributed by atoms with van der Waals surface area (Å²) in [4.78, 5) is 26.6. The van der Waals surface area contributed by atoms with Crippen LogP contribution in [0.2, 0.25) is 0 Å². The van der Waals surface area contributed by atoms with Gasteiger partial charge < -0.3 is 10.5 Å². The number of nitro benzene ring substituents is 1. The molecule has 116 valence electrons. The summed E-state index contributed by atoms with van der Waals surface area (Å²) in [5.74, 6) is -0.660. The fourth-order valence-electron chi connectivity index (χ4n) is 2.02. The van der Waals surface area contributed by atoms with E-state index in [-0.39, 0.29) is 23.5 Å². The number of benzene rings is 2. The minimum Gasteiger partial charge on any atom is -0.455 e. The molecule has 3 rings (SSSR count). The van der Waals surface area contributed by atoms with E-state index in [1.54, 1.807) is 0 Å². The lowest BCUT2D eigenvalue weighted by Gasteiger charge is -2.03. The van der Waals surface area contributed by atoms with Gasteiger partial charge in [-0.15, -0.1) is 11.3 Å². The Morgan fingerprint density at radius 1 is 1.30 bits per heavy atom.